The monoisotopic (exact) mass is 322 g/mol. The van der Waals surface area contributed by atoms with Crippen molar-refractivity contribution in [1.82, 2.24) is 5.32 Å². The van der Waals surface area contributed by atoms with Gasteiger partial charge in [0.1, 0.15) is 11.8 Å². The van der Waals surface area contributed by atoms with Crippen LogP contribution < -0.4 is 15.8 Å². The smallest absolute Gasteiger partial charge is 0.258 e. The molecule has 0 aromatic heterocycles. The number of hydrogen-bond donors (Lipinski definition) is 3. The highest BCUT2D eigenvalue weighted by Gasteiger charge is 2.23. The van der Waals surface area contributed by atoms with Crippen LogP contribution in [0.3, 0.4) is 0 Å². The van der Waals surface area contributed by atoms with E-state index in [2.05, 4.69) is 26.1 Å². The van der Waals surface area contributed by atoms with Crippen molar-refractivity contribution in [2.24, 2.45) is 5.73 Å². The van der Waals surface area contributed by atoms with E-state index in [9.17, 15) is 14.7 Å². The maximum atomic E-state index is 11.8. The summed E-state index contributed by atoms with van der Waals surface area (Å²) in [6, 6.07) is 6.43. The molecule has 6 nitrogen and oxygen atoms in total. The van der Waals surface area contributed by atoms with Crippen LogP contribution in [0.5, 0.6) is 5.75 Å². The van der Waals surface area contributed by atoms with E-state index in [0.717, 1.165) is 6.42 Å². The van der Waals surface area contributed by atoms with Crippen LogP contribution in [0.15, 0.2) is 24.3 Å². The first-order chi connectivity index (χ1) is 10.7. The Morgan fingerprint density at radius 3 is 2.30 bits per heavy atom. The van der Waals surface area contributed by atoms with E-state index < -0.39 is 24.0 Å². The fraction of sp³-hybridized carbons (Fsp3) is 0.529. The molecule has 0 bridgehead atoms. The average Bonchev–Trinajstić information content (AvgIpc) is 2.50. The van der Waals surface area contributed by atoms with Crippen molar-refractivity contribution in [3.8, 4) is 5.75 Å². The van der Waals surface area contributed by atoms with Crippen molar-refractivity contribution in [2.75, 3.05) is 6.61 Å². The topological polar surface area (TPSA) is 102 Å². The van der Waals surface area contributed by atoms with Crippen LogP contribution in [0.2, 0.25) is 0 Å². The minimum absolute atomic E-state index is 0.0852. The largest absolute Gasteiger partial charge is 0.484 e. The van der Waals surface area contributed by atoms with E-state index in [1.165, 1.54) is 12.5 Å². The molecule has 0 fully saturated rings. The third-order valence-corrected chi connectivity index (χ3v) is 4.00. The lowest BCUT2D eigenvalue weighted by atomic mass is 9.82. The van der Waals surface area contributed by atoms with Crippen molar-refractivity contribution in [1.29, 1.82) is 0 Å². The summed E-state index contributed by atoms with van der Waals surface area (Å²) < 4.78 is 5.38. The first kappa shape index (κ1) is 19.0. The summed E-state index contributed by atoms with van der Waals surface area (Å²) in [7, 11) is 0. The number of aliphatic hydroxyl groups is 1. The minimum atomic E-state index is -1.13. The quantitative estimate of drug-likeness (QED) is 0.667. The highest BCUT2D eigenvalue weighted by molar-refractivity contribution is 5.87. The first-order valence-corrected chi connectivity index (χ1v) is 7.67. The average molecular weight is 322 g/mol. The Morgan fingerprint density at radius 1 is 1.30 bits per heavy atom. The Labute approximate surface area is 137 Å². The predicted molar refractivity (Wildman–Crippen MR) is 88.1 cm³/mol. The summed E-state index contributed by atoms with van der Waals surface area (Å²) in [6.07, 6.45) is -0.0456. The Hall–Kier alpha value is -2.08. The van der Waals surface area contributed by atoms with E-state index in [1.54, 1.807) is 12.1 Å². The highest BCUT2D eigenvalue weighted by Crippen LogP contribution is 2.27. The van der Waals surface area contributed by atoms with E-state index in [-0.39, 0.29) is 12.0 Å². The lowest BCUT2D eigenvalue weighted by Crippen LogP contribution is -2.51. The number of aliphatic hydroxyl groups excluding tert-OH is 1. The predicted octanol–water partition coefficient (Wildman–Crippen LogP) is 1.10. The summed E-state index contributed by atoms with van der Waals surface area (Å²) in [5, 5.41) is 11.7. The van der Waals surface area contributed by atoms with Gasteiger partial charge < -0.3 is 20.9 Å². The summed E-state index contributed by atoms with van der Waals surface area (Å²) >= 11 is 0. The van der Waals surface area contributed by atoms with Crippen LogP contribution in [0.4, 0.5) is 0 Å². The molecular weight excluding hydrogens is 296 g/mol. The molecule has 0 heterocycles. The number of amides is 2. The number of benzene rings is 1. The number of carbonyl (C=O) groups is 2. The number of ether oxygens (including phenoxy) is 1. The van der Waals surface area contributed by atoms with Gasteiger partial charge in [-0.15, -0.1) is 0 Å². The lowest BCUT2D eigenvalue weighted by molar-refractivity contribution is -0.130. The number of carbonyl (C=O) groups excluding carboxylic acids is 2. The fourth-order valence-electron chi connectivity index (χ4n) is 2.00. The number of primary amides is 1. The number of nitrogens with two attached hydrogens (primary N) is 1. The van der Waals surface area contributed by atoms with Crippen LogP contribution in [0.1, 0.15) is 39.7 Å². The van der Waals surface area contributed by atoms with Gasteiger partial charge >= 0.3 is 0 Å². The molecule has 0 saturated heterocycles. The van der Waals surface area contributed by atoms with Crippen molar-refractivity contribution < 1.29 is 19.4 Å². The van der Waals surface area contributed by atoms with Crippen molar-refractivity contribution >= 4 is 11.8 Å². The molecule has 1 aromatic rings. The van der Waals surface area contributed by atoms with Crippen LogP contribution >= 0.6 is 0 Å². The molecule has 1 rings (SSSR count). The van der Waals surface area contributed by atoms with Gasteiger partial charge in [-0.25, -0.2) is 0 Å². The first-order valence-electron chi connectivity index (χ1n) is 7.67. The molecule has 128 valence electrons. The standard InChI is InChI=1S/C17H26N2O4/c1-5-17(3,4)12-6-8-13(9-7-12)23-10-14(21)19-15(11(2)20)16(18)22/h6-9,11,15,20H,5,10H2,1-4H3,(H2,18,22)(H,19,21). The van der Waals surface area contributed by atoms with Crippen LogP contribution in [-0.2, 0) is 15.0 Å². The number of hydrogen-bond acceptors (Lipinski definition) is 4. The van der Waals surface area contributed by atoms with Crippen molar-refractivity contribution in [3.05, 3.63) is 29.8 Å². The Morgan fingerprint density at radius 2 is 1.87 bits per heavy atom. The second-order valence-electron chi connectivity index (χ2n) is 6.24. The van der Waals surface area contributed by atoms with E-state index in [0.29, 0.717) is 5.75 Å². The molecular formula is C17H26N2O4. The number of nitrogens with one attached hydrogen (secondary N) is 1. The molecule has 0 aliphatic carbocycles. The molecule has 2 atom stereocenters. The molecule has 4 N–H and O–H groups in total. The zero-order valence-electron chi connectivity index (χ0n) is 14.1. The van der Waals surface area contributed by atoms with Gasteiger partial charge in [0.15, 0.2) is 6.61 Å². The Balaban J connectivity index is 2.58. The molecule has 1 aromatic carbocycles. The van der Waals surface area contributed by atoms with Crippen LogP contribution in [0.25, 0.3) is 0 Å². The molecule has 6 heteroatoms. The summed E-state index contributed by atoms with van der Waals surface area (Å²) in [6.45, 7) is 7.58. The third kappa shape index (κ3) is 5.56. The van der Waals surface area contributed by atoms with E-state index in [4.69, 9.17) is 10.5 Å². The van der Waals surface area contributed by atoms with Gasteiger partial charge in [-0.3, -0.25) is 9.59 Å². The maximum Gasteiger partial charge on any atom is 0.258 e. The Bertz CT molecular complexity index is 538. The second kappa shape index (κ2) is 7.97. The van der Waals surface area contributed by atoms with Gasteiger partial charge in [-0.05, 0) is 36.5 Å². The van der Waals surface area contributed by atoms with E-state index in [1.807, 2.05) is 12.1 Å². The number of rotatable bonds is 8. The third-order valence-electron chi connectivity index (χ3n) is 4.00. The lowest BCUT2D eigenvalue weighted by Gasteiger charge is -2.23. The van der Waals surface area contributed by atoms with Gasteiger partial charge in [-0.2, -0.15) is 0 Å². The second-order valence-corrected chi connectivity index (χ2v) is 6.24. The summed E-state index contributed by atoms with van der Waals surface area (Å²) in [5.41, 5.74) is 6.39. The normalized spacial score (nSPS) is 14.0. The van der Waals surface area contributed by atoms with Crippen molar-refractivity contribution in [3.63, 3.8) is 0 Å². The molecule has 2 unspecified atom stereocenters. The van der Waals surface area contributed by atoms with Gasteiger partial charge in [0, 0.05) is 0 Å². The van der Waals surface area contributed by atoms with Gasteiger partial charge in [-0.1, -0.05) is 32.9 Å². The zero-order chi connectivity index (χ0) is 17.6. The molecule has 23 heavy (non-hydrogen) atoms. The summed E-state index contributed by atoms with van der Waals surface area (Å²) in [5.74, 6) is -0.754. The molecule has 0 saturated carbocycles. The zero-order valence-corrected chi connectivity index (χ0v) is 14.1. The fourth-order valence-corrected chi connectivity index (χ4v) is 2.00. The van der Waals surface area contributed by atoms with Gasteiger partial charge in [0.2, 0.25) is 5.91 Å². The minimum Gasteiger partial charge on any atom is -0.484 e. The highest BCUT2D eigenvalue weighted by atomic mass is 16.5. The molecule has 0 spiro atoms. The van der Waals surface area contributed by atoms with Gasteiger partial charge in [0.05, 0.1) is 6.10 Å². The molecule has 0 aliphatic rings. The van der Waals surface area contributed by atoms with E-state index >= 15 is 0 Å². The summed E-state index contributed by atoms with van der Waals surface area (Å²) in [4.78, 5) is 22.9. The maximum absolute atomic E-state index is 11.8. The Kier molecular flexibility index (Phi) is 6.57. The van der Waals surface area contributed by atoms with Crippen molar-refractivity contribution in [2.45, 2.75) is 51.7 Å². The molecule has 0 radical (unpaired) electrons. The SMILES string of the molecule is CCC(C)(C)c1ccc(OCC(=O)NC(C(N)=O)C(C)O)cc1. The molecule has 2 amide bonds. The molecule has 0 aliphatic heterocycles. The van der Waals surface area contributed by atoms with Crippen LogP contribution in [-0.4, -0.2) is 35.7 Å². The van der Waals surface area contributed by atoms with Gasteiger partial charge in [0.25, 0.3) is 5.91 Å². The van der Waals surface area contributed by atoms with Crippen LogP contribution in [0, 0.1) is 0 Å².